The molecule has 3 rings (SSSR count). The molecule has 0 amide bonds. The number of nitrogens with one attached hydrogen (secondary N) is 1. The van der Waals surface area contributed by atoms with Gasteiger partial charge in [0.15, 0.2) is 0 Å². The molecule has 4 nitrogen and oxygen atoms in total. The largest absolute Gasteiger partial charge is 0.506 e. The molecule has 0 atom stereocenters. The molecule has 2 heterocycles. The summed E-state index contributed by atoms with van der Waals surface area (Å²) in [6.45, 7) is 5.35. The minimum absolute atomic E-state index is 0.218. The second kappa shape index (κ2) is 6.10. The maximum atomic E-state index is 9.85. The third-order valence-corrected chi connectivity index (χ3v) is 5.05. The van der Waals surface area contributed by atoms with Crippen LogP contribution in [0.4, 0.5) is 0 Å². The van der Waals surface area contributed by atoms with Gasteiger partial charge in [0.25, 0.3) is 0 Å². The van der Waals surface area contributed by atoms with Crippen LogP contribution in [0.15, 0.2) is 21.1 Å². The summed E-state index contributed by atoms with van der Waals surface area (Å²) in [5, 5.41) is 17.5. The molecule has 1 aliphatic rings. The van der Waals surface area contributed by atoms with Crippen LogP contribution in [0.5, 0.6) is 5.75 Å². The Morgan fingerprint density at radius 3 is 2.71 bits per heavy atom. The fourth-order valence-electron chi connectivity index (χ4n) is 2.80. The molecule has 2 aromatic rings. The van der Waals surface area contributed by atoms with Crippen molar-refractivity contribution in [1.29, 1.82) is 0 Å². The van der Waals surface area contributed by atoms with Crippen LogP contribution in [0.2, 0.25) is 0 Å². The number of phenolic OH excluding ortho intramolecular Hbond substituents is 1. The molecule has 6 heteroatoms. The smallest absolute Gasteiger partial charge is 0.143 e. The highest BCUT2D eigenvalue weighted by Gasteiger charge is 2.23. The highest BCUT2D eigenvalue weighted by Crippen LogP contribution is 2.38. The molecule has 2 N–H and O–H groups in total. The maximum absolute atomic E-state index is 9.85. The van der Waals surface area contributed by atoms with E-state index in [0.717, 1.165) is 37.3 Å². The number of halogens is 2. The predicted molar refractivity (Wildman–Crippen MR) is 90.4 cm³/mol. The molecule has 0 saturated carbocycles. The highest BCUT2D eigenvalue weighted by atomic mass is 79.9. The van der Waals surface area contributed by atoms with Crippen molar-refractivity contribution in [3.8, 4) is 17.0 Å². The maximum Gasteiger partial charge on any atom is 0.143 e. The number of aromatic nitrogens is 2. The van der Waals surface area contributed by atoms with Crippen molar-refractivity contribution in [2.45, 2.75) is 26.3 Å². The van der Waals surface area contributed by atoms with Crippen LogP contribution in [0.3, 0.4) is 0 Å². The minimum atomic E-state index is 0.218. The van der Waals surface area contributed by atoms with Gasteiger partial charge in [-0.05, 0) is 57.0 Å². The van der Waals surface area contributed by atoms with Crippen molar-refractivity contribution in [2.24, 2.45) is 0 Å². The van der Waals surface area contributed by atoms with Gasteiger partial charge >= 0.3 is 0 Å². The van der Waals surface area contributed by atoms with Crippen molar-refractivity contribution in [3.63, 3.8) is 0 Å². The number of nitrogens with zero attached hydrogens (tertiary/aromatic N) is 2. The van der Waals surface area contributed by atoms with Gasteiger partial charge in [0.1, 0.15) is 5.75 Å². The highest BCUT2D eigenvalue weighted by molar-refractivity contribution is 9.11. The van der Waals surface area contributed by atoms with Gasteiger partial charge in [0.2, 0.25) is 0 Å². The third kappa shape index (κ3) is 2.89. The Labute approximate surface area is 140 Å². The van der Waals surface area contributed by atoms with Gasteiger partial charge < -0.3 is 5.11 Å². The van der Waals surface area contributed by atoms with Gasteiger partial charge in [0.05, 0.1) is 14.6 Å². The first-order chi connectivity index (χ1) is 10.1. The average Bonchev–Trinajstić information content (AvgIpc) is 2.88. The Morgan fingerprint density at radius 1 is 1.33 bits per heavy atom. The molecule has 1 aromatic heterocycles. The summed E-state index contributed by atoms with van der Waals surface area (Å²) in [7, 11) is 0. The normalized spacial score (nSPS) is 15.2. The van der Waals surface area contributed by atoms with Gasteiger partial charge in [-0.15, -0.1) is 0 Å². The summed E-state index contributed by atoms with van der Waals surface area (Å²) in [5.74, 6) is 0.218. The van der Waals surface area contributed by atoms with E-state index in [1.165, 1.54) is 17.7 Å². The van der Waals surface area contributed by atoms with E-state index in [-0.39, 0.29) is 5.75 Å². The molecule has 0 spiro atoms. The standard InChI is InChI=1S/C15H17Br2N3O/c1-2-4-20-5-3-13-10(8-20)14(19-18-13)9-6-11(16)15(21)12(17)7-9/h6-7,21H,2-5,8H2,1H3,(H,18,19). The lowest BCUT2D eigenvalue weighted by Crippen LogP contribution is -2.31. The summed E-state index contributed by atoms with van der Waals surface area (Å²) in [6, 6.07) is 3.82. The van der Waals surface area contributed by atoms with E-state index in [0.29, 0.717) is 8.95 Å². The summed E-state index contributed by atoms with van der Waals surface area (Å²) in [5.41, 5.74) is 4.49. The van der Waals surface area contributed by atoms with Gasteiger partial charge in [0, 0.05) is 36.3 Å². The monoisotopic (exact) mass is 413 g/mol. The van der Waals surface area contributed by atoms with E-state index in [4.69, 9.17) is 0 Å². The third-order valence-electron chi connectivity index (χ3n) is 3.84. The number of phenols is 1. The minimum Gasteiger partial charge on any atom is -0.506 e. The van der Waals surface area contributed by atoms with E-state index in [2.05, 4.69) is 53.9 Å². The molecule has 1 aliphatic heterocycles. The van der Waals surface area contributed by atoms with Crippen LogP contribution in [0.25, 0.3) is 11.3 Å². The Balaban J connectivity index is 2.00. The molecule has 0 fully saturated rings. The van der Waals surface area contributed by atoms with E-state index >= 15 is 0 Å². The van der Waals surface area contributed by atoms with Crippen molar-refractivity contribution in [2.75, 3.05) is 13.1 Å². The zero-order chi connectivity index (χ0) is 15.0. The molecule has 1 aromatic carbocycles. The SMILES string of the molecule is CCCN1CCc2[nH]nc(-c3cc(Br)c(O)c(Br)c3)c2C1. The van der Waals surface area contributed by atoms with Crippen LogP contribution in [0, 0.1) is 0 Å². The molecule has 21 heavy (non-hydrogen) atoms. The second-order valence-corrected chi connectivity index (χ2v) is 7.05. The topological polar surface area (TPSA) is 52.2 Å². The Bertz CT molecular complexity index is 646. The van der Waals surface area contributed by atoms with Crippen LogP contribution in [-0.4, -0.2) is 33.3 Å². The first kappa shape index (κ1) is 15.1. The first-order valence-corrected chi connectivity index (χ1v) is 8.65. The molecular formula is C15H17Br2N3O. The molecule has 0 aliphatic carbocycles. The molecular weight excluding hydrogens is 398 g/mol. The second-order valence-electron chi connectivity index (χ2n) is 5.34. The fraction of sp³-hybridized carbons (Fsp3) is 0.400. The van der Waals surface area contributed by atoms with E-state index in [1.54, 1.807) is 0 Å². The molecule has 0 saturated heterocycles. The zero-order valence-electron chi connectivity index (χ0n) is 11.8. The van der Waals surface area contributed by atoms with Crippen LogP contribution >= 0.6 is 31.9 Å². The van der Waals surface area contributed by atoms with Crippen molar-refractivity contribution < 1.29 is 5.11 Å². The number of hydrogen-bond acceptors (Lipinski definition) is 3. The van der Waals surface area contributed by atoms with Crippen LogP contribution < -0.4 is 0 Å². The summed E-state index contributed by atoms with van der Waals surface area (Å²) in [4.78, 5) is 2.46. The number of H-pyrrole nitrogens is 1. The summed E-state index contributed by atoms with van der Waals surface area (Å²) in [6.07, 6.45) is 2.18. The van der Waals surface area contributed by atoms with Crippen LogP contribution in [-0.2, 0) is 13.0 Å². The summed E-state index contributed by atoms with van der Waals surface area (Å²) < 4.78 is 1.34. The number of hydrogen-bond donors (Lipinski definition) is 2. The number of benzene rings is 1. The molecule has 0 bridgehead atoms. The number of rotatable bonds is 3. The van der Waals surface area contributed by atoms with Crippen molar-refractivity contribution in [3.05, 3.63) is 32.3 Å². The summed E-state index contributed by atoms with van der Waals surface area (Å²) >= 11 is 6.77. The van der Waals surface area contributed by atoms with Gasteiger partial charge in [-0.3, -0.25) is 10.00 Å². The average molecular weight is 415 g/mol. The molecule has 0 radical (unpaired) electrons. The van der Waals surface area contributed by atoms with Gasteiger partial charge in [-0.1, -0.05) is 6.92 Å². The number of aromatic hydroxyl groups is 1. The van der Waals surface area contributed by atoms with Gasteiger partial charge in [-0.25, -0.2) is 0 Å². The lowest BCUT2D eigenvalue weighted by molar-refractivity contribution is 0.254. The Morgan fingerprint density at radius 2 is 2.05 bits per heavy atom. The number of fused-ring (bicyclic) bond motifs is 1. The molecule has 112 valence electrons. The molecule has 0 unspecified atom stereocenters. The lowest BCUT2D eigenvalue weighted by Gasteiger charge is -2.26. The van der Waals surface area contributed by atoms with Gasteiger partial charge in [-0.2, -0.15) is 5.10 Å². The van der Waals surface area contributed by atoms with E-state index in [9.17, 15) is 5.11 Å². The Hall–Kier alpha value is -0.850. The van der Waals surface area contributed by atoms with Crippen molar-refractivity contribution >= 4 is 31.9 Å². The van der Waals surface area contributed by atoms with Crippen molar-refractivity contribution in [1.82, 2.24) is 15.1 Å². The van der Waals surface area contributed by atoms with Crippen LogP contribution in [0.1, 0.15) is 24.6 Å². The fourth-order valence-corrected chi connectivity index (χ4v) is 3.99. The van der Waals surface area contributed by atoms with E-state index < -0.39 is 0 Å². The number of aromatic amines is 1. The Kier molecular flexibility index (Phi) is 4.38. The lowest BCUT2D eigenvalue weighted by atomic mass is 10.0. The zero-order valence-corrected chi connectivity index (χ0v) is 15.0. The first-order valence-electron chi connectivity index (χ1n) is 7.07. The predicted octanol–water partition coefficient (Wildman–Crippen LogP) is 4.08. The quantitative estimate of drug-likeness (QED) is 0.795. The van der Waals surface area contributed by atoms with E-state index in [1.807, 2.05) is 12.1 Å².